The highest BCUT2D eigenvalue weighted by atomic mass is 35.5. The smallest absolute Gasteiger partial charge is 0.254 e. The zero-order valence-electron chi connectivity index (χ0n) is 17.1. The highest BCUT2D eigenvalue weighted by Gasteiger charge is 2.24. The Morgan fingerprint density at radius 2 is 1.83 bits per heavy atom. The lowest BCUT2D eigenvalue weighted by Gasteiger charge is -2.35. The van der Waals surface area contributed by atoms with Crippen molar-refractivity contribution in [1.29, 1.82) is 0 Å². The SMILES string of the molecule is COc1cc(C(=O)N2CCN(Cc3cccc4cccnc34)CC2)cc(Cl)c1OC. The zero-order valence-corrected chi connectivity index (χ0v) is 17.9. The molecule has 0 N–H and O–H groups in total. The summed E-state index contributed by atoms with van der Waals surface area (Å²) in [5.41, 5.74) is 2.75. The molecule has 0 aliphatic carbocycles. The largest absolute Gasteiger partial charge is 0.493 e. The lowest BCUT2D eigenvalue weighted by atomic mass is 10.1. The predicted octanol–water partition coefficient (Wildman–Crippen LogP) is 3.86. The summed E-state index contributed by atoms with van der Waals surface area (Å²) < 4.78 is 10.6. The van der Waals surface area contributed by atoms with Crippen LogP contribution in [0.5, 0.6) is 11.5 Å². The molecule has 156 valence electrons. The summed E-state index contributed by atoms with van der Waals surface area (Å²) in [5, 5.41) is 1.51. The number of aromatic nitrogens is 1. The second kappa shape index (κ2) is 8.90. The first-order valence-electron chi connectivity index (χ1n) is 9.86. The van der Waals surface area contributed by atoms with E-state index in [0.29, 0.717) is 35.2 Å². The fraction of sp³-hybridized carbons (Fsp3) is 0.304. The molecule has 0 bridgehead atoms. The molecule has 2 aromatic carbocycles. The Morgan fingerprint density at radius 1 is 1.07 bits per heavy atom. The Hall–Kier alpha value is -2.83. The number of nitrogens with zero attached hydrogens (tertiary/aromatic N) is 3. The van der Waals surface area contributed by atoms with Crippen molar-refractivity contribution in [3.63, 3.8) is 0 Å². The Bertz CT molecular complexity index is 1060. The number of piperazine rings is 1. The third-order valence-corrected chi connectivity index (χ3v) is 5.73. The first kappa shape index (κ1) is 20.4. The predicted molar refractivity (Wildman–Crippen MR) is 117 cm³/mol. The van der Waals surface area contributed by atoms with E-state index < -0.39 is 0 Å². The van der Waals surface area contributed by atoms with Crippen molar-refractivity contribution in [2.75, 3.05) is 40.4 Å². The van der Waals surface area contributed by atoms with Gasteiger partial charge in [-0.15, -0.1) is 0 Å². The van der Waals surface area contributed by atoms with Gasteiger partial charge in [-0.25, -0.2) is 0 Å². The number of hydrogen-bond donors (Lipinski definition) is 0. The van der Waals surface area contributed by atoms with Crippen LogP contribution in [0.4, 0.5) is 0 Å². The molecule has 4 rings (SSSR count). The summed E-state index contributed by atoms with van der Waals surface area (Å²) in [4.78, 5) is 21.8. The Labute approximate surface area is 181 Å². The Morgan fingerprint density at radius 3 is 2.57 bits per heavy atom. The molecular weight excluding hydrogens is 402 g/mol. The summed E-state index contributed by atoms with van der Waals surface area (Å²) in [6.45, 7) is 3.73. The molecule has 2 heterocycles. The van der Waals surface area contributed by atoms with E-state index in [1.165, 1.54) is 19.8 Å². The maximum Gasteiger partial charge on any atom is 0.254 e. The normalized spacial score (nSPS) is 14.7. The lowest BCUT2D eigenvalue weighted by molar-refractivity contribution is 0.0628. The number of para-hydroxylation sites is 1. The number of ether oxygens (including phenoxy) is 2. The third-order valence-electron chi connectivity index (χ3n) is 5.45. The van der Waals surface area contributed by atoms with Crippen molar-refractivity contribution in [2.45, 2.75) is 6.54 Å². The number of carbonyl (C=O) groups excluding carboxylic acids is 1. The molecule has 30 heavy (non-hydrogen) atoms. The van der Waals surface area contributed by atoms with Crippen molar-refractivity contribution in [2.24, 2.45) is 0 Å². The number of fused-ring (bicyclic) bond motifs is 1. The molecule has 1 amide bonds. The minimum atomic E-state index is -0.0515. The van der Waals surface area contributed by atoms with E-state index in [2.05, 4.69) is 34.1 Å². The summed E-state index contributed by atoms with van der Waals surface area (Å²) in [6.07, 6.45) is 1.83. The average Bonchev–Trinajstić information content (AvgIpc) is 2.78. The maximum absolute atomic E-state index is 13.0. The van der Waals surface area contributed by atoms with Gasteiger partial charge in [0.25, 0.3) is 5.91 Å². The van der Waals surface area contributed by atoms with Gasteiger partial charge in [0.05, 0.1) is 24.8 Å². The second-order valence-electron chi connectivity index (χ2n) is 7.25. The van der Waals surface area contributed by atoms with Crippen molar-refractivity contribution in [3.8, 4) is 11.5 Å². The number of hydrogen-bond acceptors (Lipinski definition) is 5. The van der Waals surface area contributed by atoms with Crippen LogP contribution in [0.1, 0.15) is 15.9 Å². The van der Waals surface area contributed by atoms with Crippen LogP contribution in [0.3, 0.4) is 0 Å². The molecule has 3 aromatic rings. The highest BCUT2D eigenvalue weighted by molar-refractivity contribution is 6.32. The number of rotatable bonds is 5. The Kier molecular flexibility index (Phi) is 6.06. The van der Waals surface area contributed by atoms with Crippen LogP contribution in [0.15, 0.2) is 48.7 Å². The van der Waals surface area contributed by atoms with Gasteiger partial charge in [-0.05, 0) is 23.8 Å². The molecule has 1 saturated heterocycles. The lowest BCUT2D eigenvalue weighted by Crippen LogP contribution is -2.48. The third kappa shape index (κ3) is 4.06. The van der Waals surface area contributed by atoms with E-state index in [0.717, 1.165) is 30.5 Å². The molecule has 1 aromatic heterocycles. The zero-order chi connectivity index (χ0) is 21.1. The summed E-state index contributed by atoms with van der Waals surface area (Å²) in [5.74, 6) is 0.837. The first-order chi connectivity index (χ1) is 14.6. The number of halogens is 1. The van der Waals surface area contributed by atoms with E-state index in [1.807, 2.05) is 17.2 Å². The van der Waals surface area contributed by atoms with Gasteiger partial charge in [0.1, 0.15) is 0 Å². The van der Waals surface area contributed by atoms with Crippen molar-refractivity contribution in [1.82, 2.24) is 14.8 Å². The van der Waals surface area contributed by atoms with Crippen molar-refractivity contribution in [3.05, 3.63) is 64.8 Å². The van der Waals surface area contributed by atoms with E-state index >= 15 is 0 Å². The average molecular weight is 426 g/mol. The number of methoxy groups -OCH3 is 2. The minimum absolute atomic E-state index is 0.0515. The van der Waals surface area contributed by atoms with Gasteiger partial charge < -0.3 is 14.4 Å². The second-order valence-corrected chi connectivity index (χ2v) is 7.66. The van der Waals surface area contributed by atoms with Crippen LogP contribution < -0.4 is 9.47 Å². The standard InChI is InChI=1S/C23H24ClN3O3/c1-29-20-14-18(13-19(24)22(20)30-2)23(28)27-11-9-26(10-12-27)15-17-6-3-5-16-7-4-8-25-21(16)17/h3-8,13-14H,9-12,15H2,1-2H3. The van der Waals surface area contributed by atoms with Crippen LogP contribution in [0, 0.1) is 0 Å². The van der Waals surface area contributed by atoms with Crippen molar-refractivity contribution >= 4 is 28.4 Å². The molecule has 6 nitrogen and oxygen atoms in total. The summed E-state index contributed by atoms with van der Waals surface area (Å²) >= 11 is 6.27. The molecule has 0 unspecified atom stereocenters. The number of benzene rings is 2. The van der Waals surface area contributed by atoms with Crippen LogP contribution in [-0.4, -0.2) is 61.1 Å². The van der Waals surface area contributed by atoms with E-state index in [9.17, 15) is 4.79 Å². The molecule has 1 fully saturated rings. The van der Waals surface area contributed by atoms with E-state index in [1.54, 1.807) is 12.1 Å². The number of amides is 1. The van der Waals surface area contributed by atoms with E-state index in [-0.39, 0.29) is 5.91 Å². The van der Waals surface area contributed by atoms with Gasteiger partial charge in [0.2, 0.25) is 0 Å². The molecule has 1 aliphatic heterocycles. The molecule has 1 aliphatic rings. The molecular formula is C23H24ClN3O3. The van der Waals surface area contributed by atoms with Crippen LogP contribution in [-0.2, 0) is 6.54 Å². The number of pyridine rings is 1. The fourth-order valence-electron chi connectivity index (χ4n) is 3.87. The summed E-state index contributed by atoms with van der Waals surface area (Å²) in [6, 6.07) is 13.6. The maximum atomic E-state index is 13.0. The summed E-state index contributed by atoms with van der Waals surface area (Å²) in [7, 11) is 3.05. The monoisotopic (exact) mass is 425 g/mol. The molecule has 0 atom stereocenters. The van der Waals surface area contributed by atoms with Gasteiger partial charge in [0.15, 0.2) is 11.5 Å². The topological polar surface area (TPSA) is 54.9 Å². The van der Waals surface area contributed by atoms with Gasteiger partial charge >= 0.3 is 0 Å². The fourth-order valence-corrected chi connectivity index (χ4v) is 4.16. The molecule has 0 saturated carbocycles. The van der Waals surface area contributed by atoms with Crippen LogP contribution in [0.2, 0.25) is 5.02 Å². The number of carbonyl (C=O) groups is 1. The molecule has 7 heteroatoms. The van der Waals surface area contributed by atoms with Crippen LogP contribution in [0.25, 0.3) is 10.9 Å². The first-order valence-corrected chi connectivity index (χ1v) is 10.2. The molecule has 0 spiro atoms. The van der Waals surface area contributed by atoms with Gasteiger partial charge in [-0.2, -0.15) is 0 Å². The Balaban J connectivity index is 1.43. The van der Waals surface area contributed by atoms with Gasteiger partial charge in [-0.3, -0.25) is 14.7 Å². The quantitative estimate of drug-likeness (QED) is 0.621. The van der Waals surface area contributed by atoms with E-state index in [4.69, 9.17) is 21.1 Å². The van der Waals surface area contributed by atoms with Crippen LogP contribution >= 0.6 is 11.6 Å². The highest BCUT2D eigenvalue weighted by Crippen LogP contribution is 2.36. The molecule has 0 radical (unpaired) electrons. The van der Waals surface area contributed by atoms with Crippen molar-refractivity contribution < 1.29 is 14.3 Å². The minimum Gasteiger partial charge on any atom is -0.493 e. The van der Waals surface area contributed by atoms with Gasteiger partial charge in [0, 0.05) is 49.9 Å². The van der Waals surface area contributed by atoms with Gasteiger partial charge in [-0.1, -0.05) is 35.9 Å².